The predicted molar refractivity (Wildman–Crippen MR) is 118 cm³/mol. The van der Waals surface area contributed by atoms with Gasteiger partial charge in [0.25, 0.3) is 0 Å². The number of hydrogen-bond acceptors (Lipinski definition) is 2. The van der Waals surface area contributed by atoms with Crippen LogP contribution >= 0.6 is 0 Å². The lowest BCUT2D eigenvalue weighted by Crippen LogP contribution is -2.32. The average Bonchev–Trinajstić information content (AvgIpc) is 3.11. The summed E-state index contributed by atoms with van der Waals surface area (Å²) in [7, 11) is 0. The van der Waals surface area contributed by atoms with Crippen molar-refractivity contribution in [2.75, 3.05) is 13.1 Å². The van der Waals surface area contributed by atoms with Crippen molar-refractivity contribution in [3.8, 4) is 0 Å². The second-order valence-electron chi connectivity index (χ2n) is 8.09. The zero-order valence-electron chi connectivity index (χ0n) is 17.9. The van der Waals surface area contributed by atoms with Gasteiger partial charge in [0.2, 0.25) is 0 Å². The summed E-state index contributed by atoms with van der Waals surface area (Å²) in [4.78, 5) is 5.07. The van der Waals surface area contributed by atoms with Crippen LogP contribution in [0.3, 0.4) is 0 Å². The summed E-state index contributed by atoms with van der Waals surface area (Å²) in [5, 5.41) is 0. The summed E-state index contributed by atoms with van der Waals surface area (Å²) in [5.74, 6) is 0. The number of nitrogens with zero attached hydrogens (tertiary/aromatic N) is 2. The quantitative estimate of drug-likeness (QED) is 0.295. The summed E-state index contributed by atoms with van der Waals surface area (Å²) in [6, 6.07) is 11.0. The van der Waals surface area contributed by atoms with E-state index >= 15 is 0 Å². The minimum Gasteiger partial charge on any atom is -0.352 e. The minimum atomic E-state index is 0.399. The molecule has 1 unspecified atom stereocenters. The molecule has 0 saturated heterocycles. The molecular formula is C25H42N2. The molecule has 0 aromatic heterocycles. The second-order valence-corrected chi connectivity index (χ2v) is 8.09. The van der Waals surface area contributed by atoms with Gasteiger partial charge in [-0.25, -0.2) is 0 Å². The molecule has 0 radical (unpaired) electrons. The van der Waals surface area contributed by atoms with E-state index in [0.29, 0.717) is 6.17 Å². The first kappa shape index (κ1) is 21.9. The zero-order chi connectivity index (χ0) is 19.2. The van der Waals surface area contributed by atoms with Crippen LogP contribution in [0.1, 0.15) is 103 Å². The molecule has 1 aromatic rings. The van der Waals surface area contributed by atoms with E-state index in [1.165, 1.54) is 89.2 Å². The van der Waals surface area contributed by atoms with E-state index < -0.39 is 0 Å². The van der Waals surface area contributed by atoms with E-state index in [2.05, 4.69) is 66.4 Å². The highest BCUT2D eigenvalue weighted by Crippen LogP contribution is 2.31. The van der Waals surface area contributed by atoms with E-state index in [1.807, 2.05) is 0 Å². The highest BCUT2D eigenvalue weighted by molar-refractivity contribution is 5.21. The van der Waals surface area contributed by atoms with Gasteiger partial charge in [0.1, 0.15) is 6.17 Å². The Labute approximate surface area is 168 Å². The van der Waals surface area contributed by atoms with E-state index in [-0.39, 0.29) is 0 Å². The van der Waals surface area contributed by atoms with Crippen molar-refractivity contribution in [1.29, 1.82) is 0 Å². The van der Waals surface area contributed by atoms with Crippen molar-refractivity contribution < 1.29 is 0 Å². The van der Waals surface area contributed by atoms with Gasteiger partial charge >= 0.3 is 0 Å². The first-order valence-electron chi connectivity index (χ1n) is 11.6. The first-order valence-corrected chi connectivity index (χ1v) is 11.6. The molecule has 1 aliphatic rings. The molecule has 0 saturated carbocycles. The van der Waals surface area contributed by atoms with Crippen molar-refractivity contribution >= 4 is 0 Å². The molecule has 2 rings (SSSR count). The van der Waals surface area contributed by atoms with Gasteiger partial charge in [-0.3, -0.25) is 0 Å². The highest BCUT2D eigenvalue weighted by Gasteiger charge is 2.26. The Morgan fingerprint density at radius 1 is 0.593 bits per heavy atom. The topological polar surface area (TPSA) is 6.48 Å². The Balaban J connectivity index is 1.67. The van der Waals surface area contributed by atoms with Crippen molar-refractivity contribution in [2.45, 2.75) is 97.1 Å². The molecule has 0 bridgehead atoms. The van der Waals surface area contributed by atoms with E-state index in [4.69, 9.17) is 0 Å². The Bertz CT molecular complexity index is 496. The van der Waals surface area contributed by atoms with Crippen LogP contribution in [-0.2, 0) is 0 Å². The lowest BCUT2D eigenvalue weighted by Gasteiger charge is -2.33. The van der Waals surface area contributed by atoms with Crippen molar-refractivity contribution in [3.05, 3.63) is 48.3 Å². The molecule has 1 aliphatic heterocycles. The molecule has 0 N–H and O–H groups in total. The molecule has 2 heteroatoms. The standard InChI is InChI=1S/C25H42N2/c1-3-5-7-8-9-10-11-12-13-17-21-27-23-22-26(20-6-4-2)25(27)24-18-15-14-16-19-24/h14-16,18-19,22-23,25H,3-13,17,20-21H2,1-2H3. The summed E-state index contributed by atoms with van der Waals surface area (Å²) in [6.07, 6.45) is 21.6. The van der Waals surface area contributed by atoms with Gasteiger partial charge in [0.05, 0.1) is 0 Å². The average molecular weight is 371 g/mol. The van der Waals surface area contributed by atoms with E-state index in [9.17, 15) is 0 Å². The van der Waals surface area contributed by atoms with Crippen LogP contribution in [0.2, 0.25) is 0 Å². The van der Waals surface area contributed by atoms with Crippen molar-refractivity contribution in [2.24, 2.45) is 0 Å². The Morgan fingerprint density at radius 2 is 1.07 bits per heavy atom. The monoisotopic (exact) mass is 370 g/mol. The summed E-state index contributed by atoms with van der Waals surface area (Å²) in [5.41, 5.74) is 1.42. The van der Waals surface area contributed by atoms with Gasteiger partial charge in [0, 0.05) is 25.5 Å². The van der Waals surface area contributed by atoms with Gasteiger partial charge in [-0.1, -0.05) is 108 Å². The SMILES string of the molecule is CCCCCCCCCCCCN1C=CN(CCCC)C1c1ccccc1. The number of benzene rings is 1. The minimum absolute atomic E-state index is 0.399. The maximum Gasteiger partial charge on any atom is 0.127 e. The smallest absolute Gasteiger partial charge is 0.127 e. The van der Waals surface area contributed by atoms with Gasteiger partial charge in [-0.2, -0.15) is 0 Å². The van der Waals surface area contributed by atoms with E-state index in [0.717, 1.165) is 6.54 Å². The summed E-state index contributed by atoms with van der Waals surface area (Å²) in [6.45, 7) is 6.90. The number of rotatable bonds is 15. The third-order valence-corrected chi connectivity index (χ3v) is 5.72. The second kappa shape index (κ2) is 13.7. The van der Waals surface area contributed by atoms with Crippen LogP contribution in [0.25, 0.3) is 0 Å². The van der Waals surface area contributed by atoms with Crippen LogP contribution in [0.15, 0.2) is 42.7 Å². The van der Waals surface area contributed by atoms with Gasteiger partial charge in [-0.05, 0) is 18.4 Å². The lowest BCUT2D eigenvalue weighted by molar-refractivity contribution is 0.150. The third kappa shape index (κ3) is 7.99. The molecule has 1 heterocycles. The number of hydrogen-bond donors (Lipinski definition) is 0. The molecule has 1 aromatic carbocycles. The maximum atomic E-state index is 2.55. The summed E-state index contributed by atoms with van der Waals surface area (Å²) >= 11 is 0. The molecule has 0 aliphatic carbocycles. The molecule has 152 valence electrons. The lowest BCUT2D eigenvalue weighted by atomic mass is 10.1. The molecule has 27 heavy (non-hydrogen) atoms. The van der Waals surface area contributed by atoms with Gasteiger partial charge < -0.3 is 9.80 Å². The highest BCUT2D eigenvalue weighted by atomic mass is 15.4. The molecular weight excluding hydrogens is 328 g/mol. The van der Waals surface area contributed by atoms with Crippen molar-refractivity contribution in [1.82, 2.24) is 9.80 Å². The third-order valence-electron chi connectivity index (χ3n) is 5.72. The molecule has 2 nitrogen and oxygen atoms in total. The van der Waals surface area contributed by atoms with Crippen molar-refractivity contribution in [3.63, 3.8) is 0 Å². The van der Waals surface area contributed by atoms with E-state index in [1.54, 1.807) is 0 Å². The Hall–Kier alpha value is -1.44. The van der Waals surface area contributed by atoms with Gasteiger partial charge in [-0.15, -0.1) is 0 Å². The number of unbranched alkanes of at least 4 members (excludes halogenated alkanes) is 10. The van der Waals surface area contributed by atoms with Gasteiger partial charge in [0.15, 0.2) is 0 Å². The fourth-order valence-corrected chi connectivity index (χ4v) is 4.05. The summed E-state index contributed by atoms with van der Waals surface area (Å²) < 4.78 is 0. The predicted octanol–water partition coefficient (Wildman–Crippen LogP) is 7.50. The van der Waals surface area contributed by atoms with Crippen LogP contribution in [0.4, 0.5) is 0 Å². The molecule has 1 atom stereocenters. The Kier molecular flexibility index (Phi) is 11.1. The maximum absolute atomic E-state index is 2.55. The normalized spacial score (nSPS) is 16.4. The fourth-order valence-electron chi connectivity index (χ4n) is 4.05. The molecule has 0 spiro atoms. The van der Waals surface area contributed by atoms with Crippen LogP contribution in [0, 0.1) is 0 Å². The first-order chi connectivity index (χ1) is 13.4. The zero-order valence-corrected chi connectivity index (χ0v) is 17.9. The molecule has 0 fully saturated rings. The Morgan fingerprint density at radius 3 is 1.63 bits per heavy atom. The molecule has 0 amide bonds. The van der Waals surface area contributed by atoms with Crippen LogP contribution < -0.4 is 0 Å². The largest absolute Gasteiger partial charge is 0.352 e. The fraction of sp³-hybridized carbons (Fsp3) is 0.680. The van der Waals surface area contributed by atoms with Crippen LogP contribution in [-0.4, -0.2) is 22.9 Å². The van der Waals surface area contributed by atoms with Crippen LogP contribution in [0.5, 0.6) is 0 Å².